The zero-order valence-corrected chi connectivity index (χ0v) is 13.8. The summed E-state index contributed by atoms with van der Waals surface area (Å²) in [6, 6.07) is 2.95. The van der Waals surface area contributed by atoms with Gasteiger partial charge in [-0.15, -0.1) is 0 Å². The maximum atomic E-state index is 12.2. The molecule has 0 amide bonds. The Hall–Kier alpha value is -1.22. The number of ether oxygens (including phenoxy) is 2. The molecule has 0 unspecified atom stereocenters. The number of methoxy groups -OCH3 is 2. The van der Waals surface area contributed by atoms with Gasteiger partial charge in [0.05, 0.1) is 24.9 Å². The standard InChI is InChI=1S/C12H20ClN3O4S/c1-16(6-4-5-14)21(17,18)15-10-7-9(13)11(19-2)8-12(10)20-3/h7-8,15H,4-6,14H2,1-3H3. The van der Waals surface area contributed by atoms with Gasteiger partial charge in [-0.1, -0.05) is 11.6 Å². The molecule has 1 aromatic rings. The molecule has 9 heteroatoms. The van der Waals surface area contributed by atoms with E-state index >= 15 is 0 Å². The van der Waals surface area contributed by atoms with Crippen molar-refractivity contribution in [2.75, 3.05) is 39.1 Å². The van der Waals surface area contributed by atoms with E-state index in [9.17, 15) is 8.42 Å². The number of halogens is 1. The minimum atomic E-state index is -3.71. The molecule has 120 valence electrons. The summed E-state index contributed by atoms with van der Waals surface area (Å²) < 4.78 is 38.2. The van der Waals surface area contributed by atoms with Crippen LogP contribution in [0.1, 0.15) is 6.42 Å². The van der Waals surface area contributed by atoms with Gasteiger partial charge in [0.2, 0.25) is 0 Å². The first-order chi connectivity index (χ1) is 9.85. The van der Waals surface area contributed by atoms with E-state index in [4.69, 9.17) is 26.8 Å². The van der Waals surface area contributed by atoms with Crippen LogP contribution in [0.15, 0.2) is 12.1 Å². The van der Waals surface area contributed by atoms with Crippen molar-refractivity contribution in [3.63, 3.8) is 0 Å². The predicted molar refractivity (Wildman–Crippen MR) is 83.4 cm³/mol. The van der Waals surface area contributed by atoms with Gasteiger partial charge in [0.25, 0.3) is 0 Å². The minimum Gasteiger partial charge on any atom is -0.495 e. The average Bonchev–Trinajstić information content (AvgIpc) is 2.44. The van der Waals surface area contributed by atoms with Crippen molar-refractivity contribution in [2.45, 2.75) is 6.42 Å². The molecular formula is C12H20ClN3O4S. The van der Waals surface area contributed by atoms with Gasteiger partial charge in [0.15, 0.2) is 0 Å². The van der Waals surface area contributed by atoms with E-state index in [0.29, 0.717) is 31.0 Å². The zero-order chi connectivity index (χ0) is 16.0. The highest BCUT2D eigenvalue weighted by molar-refractivity contribution is 7.90. The summed E-state index contributed by atoms with van der Waals surface area (Å²) in [5, 5.41) is 0.278. The number of nitrogens with zero attached hydrogens (tertiary/aromatic N) is 1. The fourth-order valence-electron chi connectivity index (χ4n) is 1.59. The van der Waals surface area contributed by atoms with Crippen LogP contribution in [0.3, 0.4) is 0 Å². The van der Waals surface area contributed by atoms with E-state index in [1.54, 1.807) is 0 Å². The van der Waals surface area contributed by atoms with Gasteiger partial charge in [0.1, 0.15) is 11.5 Å². The highest BCUT2D eigenvalue weighted by Gasteiger charge is 2.20. The first-order valence-electron chi connectivity index (χ1n) is 6.21. The number of anilines is 1. The summed E-state index contributed by atoms with van der Waals surface area (Å²) in [5.41, 5.74) is 5.62. The van der Waals surface area contributed by atoms with Crippen LogP contribution in [0, 0.1) is 0 Å². The number of hydrogen-bond donors (Lipinski definition) is 2. The second kappa shape index (κ2) is 7.69. The first-order valence-corrected chi connectivity index (χ1v) is 8.03. The van der Waals surface area contributed by atoms with Crippen LogP contribution in [0.5, 0.6) is 11.5 Å². The first kappa shape index (κ1) is 17.8. The number of benzene rings is 1. The lowest BCUT2D eigenvalue weighted by atomic mass is 10.3. The molecule has 0 aromatic heterocycles. The van der Waals surface area contributed by atoms with Crippen molar-refractivity contribution in [1.29, 1.82) is 0 Å². The molecule has 0 heterocycles. The normalized spacial score (nSPS) is 11.5. The molecule has 1 aromatic carbocycles. The zero-order valence-electron chi connectivity index (χ0n) is 12.2. The third-order valence-electron chi connectivity index (χ3n) is 2.80. The molecule has 0 fully saturated rings. The second-order valence-corrected chi connectivity index (χ2v) is 6.44. The van der Waals surface area contributed by atoms with Crippen molar-refractivity contribution < 1.29 is 17.9 Å². The van der Waals surface area contributed by atoms with Gasteiger partial charge in [0, 0.05) is 19.7 Å². The van der Waals surface area contributed by atoms with Crippen LogP contribution in [0.2, 0.25) is 5.02 Å². The SMILES string of the molecule is COc1cc(OC)c(NS(=O)(=O)N(C)CCCN)cc1Cl. The molecular weight excluding hydrogens is 318 g/mol. The molecule has 0 bridgehead atoms. The van der Waals surface area contributed by atoms with E-state index in [1.807, 2.05) is 0 Å². The Morgan fingerprint density at radius 2 is 1.90 bits per heavy atom. The van der Waals surface area contributed by atoms with E-state index in [-0.39, 0.29) is 10.7 Å². The molecule has 1 rings (SSSR count). The molecule has 0 saturated carbocycles. The summed E-state index contributed by atoms with van der Waals surface area (Å²) >= 11 is 6.00. The lowest BCUT2D eigenvalue weighted by molar-refractivity contribution is 0.395. The highest BCUT2D eigenvalue weighted by atomic mass is 35.5. The van der Waals surface area contributed by atoms with E-state index in [1.165, 1.54) is 37.7 Å². The fourth-order valence-corrected chi connectivity index (χ4v) is 2.79. The van der Waals surface area contributed by atoms with Gasteiger partial charge in [-0.2, -0.15) is 12.7 Å². The van der Waals surface area contributed by atoms with Crippen LogP contribution in [0.4, 0.5) is 5.69 Å². The summed E-state index contributed by atoms with van der Waals surface area (Å²) in [4.78, 5) is 0. The number of nitrogens with one attached hydrogen (secondary N) is 1. The average molecular weight is 338 g/mol. The van der Waals surface area contributed by atoms with E-state index in [0.717, 1.165) is 0 Å². The Kier molecular flexibility index (Phi) is 6.53. The maximum absolute atomic E-state index is 12.2. The van der Waals surface area contributed by atoms with Crippen molar-refractivity contribution in [1.82, 2.24) is 4.31 Å². The van der Waals surface area contributed by atoms with Gasteiger partial charge < -0.3 is 15.2 Å². The molecule has 0 aliphatic rings. The summed E-state index contributed by atoms with van der Waals surface area (Å²) in [7, 11) is 0.654. The molecule has 7 nitrogen and oxygen atoms in total. The van der Waals surface area contributed by atoms with Crippen molar-refractivity contribution in [3.8, 4) is 11.5 Å². The Morgan fingerprint density at radius 3 is 2.43 bits per heavy atom. The third-order valence-corrected chi connectivity index (χ3v) is 4.58. The largest absolute Gasteiger partial charge is 0.495 e. The van der Waals surface area contributed by atoms with Crippen molar-refractivity contribution in [2.24, 2.45) is 5.73 Å². The number of hydrogen-bond acceptors (Lipinski definition) is 5. The number of nitrogens with two attached hydrogens (primary N) is 1. The Bertz CT molecular complexity index is 580. The monoisotopic (exact) mass is 337 g/mol. The smallest absolute Gasteiger partial charge is 0.301 e. The molecule has 0 aliphatic heterocycles. The molecule has 0 saturated heterocycles. The highest BCUT2D eigenvalue weighted by Crippen LogP contribution is 2.36. The topological polar surface area (TPSA) is 93.9 Å². The van der Waals surface area contributed by atoms with Crippen LogP contribution < -0.4 is 19.9 Å². The van der Waals surface area contributed by atoms with Gasteiger partial charge >= 0.3 is 10.2 Å². The third kappa shape index (κ3) is 4.63. The molecule has 0 aliphatic carbocycles. The maximum Gasteiger partial charge on any atom is 0.301 e. The summed E-state index contributed by atoms with van der Waals surface area (Å²) in [6.45, 7) is 0.732. The van der Waals surface area contributed by atoms with Gasteiger partial charge in [-0.25, -0.2) is 0 Å². The summed E-state index contributed by atoms with van der Waals surface area (Å²) in [5.74, 6) is 0.708. The van der Waals surface area contributed by atoms with E-state index < -0.39 is 10.2 Å². The number of rotatable bonds is 8. The van der Waals surface area contributed by atoms with Crippen LogP contribution in [-0.2, 0) is 10.2 Å². The van der Waals surface area contributed by atoms with Crippen molar-refractivity contribution in [3.05, 3.63) is 17.2 Å². The lowest BCUT2D eigenvalue weighted by Gasteiger charge is -2.19. The predicted octanol–water partition coefficient (Wildman–Crippen LogP) is 1.29. The van der Waals surface area contributed by atoms with Crippen LogP contribution in [-0.4, -0.2) is 47.1 Å². The second-order valence-electron chi connectivity index (χ2n) is 4.26. The fraction of sp³-hybridized carbons (Fsp3) is 0.500. The molecule has 0 radical (unpaired) electrons. The molecule has 0 spiro atoms. The van der Waals surface area contributed by atoms with Gasteiger partial charge in [-0.05, 0) is 19.0 Å². The molecule has 3 N–H and O–H groups in total. The minimum absolute atomic E-state index is 0.239. The molecule has 21 heavy (non-hydrogen) atoms. The summed E-state index contributed by atoms with van der Waals surface area (Å²) in [6.07, 6.45) is 0.567. The Labute approximate surface area is 130 Å². The van der Waals surface area contributed by atoms with Crippen LogP contribution in [0.25, 0.3) is 0 Å². The quantitative estimate of drug-likeness (QED) is 0.745. The van der Waals surface area contributed by atoms with Crippen molar-refractivity contribution >= 4 is 27.5 Å². The Morgan fingerprint density at radius 1 is 1.29 bits per heavy atom. The van der Waals surface area contributed by atoms with E-state index in [2.05, 4.69) is 4.72 Å². The van der Waals surface area contributed by atoms with Gasteiger partial charge in [-0.3, -0.25) is 4.72 Å². The molecule has 0 atom stereocenters. The Balaban J connectivity index is 3.03. The lowest BCUT2D eigenvalue weighted by Crippen LogP contribution is -2.34. The van der Waals surface area contributed by atoms with Crippen LogP contribution >= 0.6 is 11.6 Å².